The van der Waals surface area contributed by atoms with Gasteiger partial charge in [-0.15, -0.1) is 0 Å². The predicted octanol–water partition coefficient (Wildman–Crippen LogP) is 3.50. The van der Waals surface area contributed by atoms with E-state index in [0.717, 1.165) is 13.0 Å². The molecule has 1 fully saturated rings. The van der Waals surface area contributed by atoms with E-state index in [-0.39, 0.29) is 0 Å². The van der Waals surface area contributed by atoms with Crippen LogP contribution in [0.4, 0.5) is 0 Å². The summed E-state index contributed by atoms with van der Waals surface area (Å²) in [6.07, 6.45) is 7.25. The van der Waals surface area contributed by atoms with Crippen LogP contribution in [0, 0.1) is 5.92 Å². The van der Waals surface area contributed by atoms with Crippen molar-refractivity contribution in [3.63, 3.8) is 0 Å². The van der Waals surface area contributed by atoms with Crippen LogP contribution >= 0.6 is 0 Å². The number of fused-ring (bicyclic) bond motifs is 1. The summed E-state index contributed by atoms with van der Waals surface area (Å²) < 4.78 is 2.50. The standard InChI is InChI=1S/C16H22N2/c1-2-12-5-3-6-13-9-10-18(16(12)13)15-8-4-7-14(15)11-17/h3,5-6,9-10,14-15H,2,4,7-8,11,17H2,1H3. The molecule has 0 bridgehead atoms. The first-order valence-corrected chi connectivity index (χ1v) is 7.13. The molecule has 1 aliphatic carbocycles. The van der Waals surface area contributed by atoms with Crippen molar-refractivity contribution in [3.8, 4) is 0 Å². The van der Waals surface area contributed by atoms with Crippen molar-refractivity contribution in [2.75, 3.05) is 6.54 Å². The lowest BCUT2D eigenvalue weighted by atomic mass is 10.0. The zero-order valence-corrected chi connectivity index (χ0v) is 11.1. The van der Waals surface area contributed by atoms with Gasteiger partial charge in [0.2, 0.25) is 0 Å². The SMILES string of the molecule is CCc1cccc2ccn(C3CCCC3CN)c12. The van der Waals surface area contributed by atoms with Crippen LogP contribution in [0.3, 0.4) is 0 Å². The highest BCUT2D eigenvalue weighted by molar-refractivity contribution is 5.83. The van der Waals surface area contributed by atoms with Crippen LogP contribution in [-0.4, -0.2) is 11.1 Å². The molecule has 2 atom stereocenters. The molecule has 1 heterocycles. The van der Waals surface area contributed by atoms with Crippen molar-refractivity contribution < 1.29 is 0 Å². The maximum Gasteiger partial charge on any atom is 0.0515 e. The fourth-order valence-corrected chi connectivity index (χ4v) is 3.52. The van der Waals surface area contributed by atoms with Crippen LogP contribution < -0.4 is 5.73 Å². The van der Waals surface area contributed by atoms with Crippen LogP contribution in [0.25, 0.3) is 10.9 Å². The minimum atomic E-state index is 0.611. The number of rotatable bonds is 3. The summed E-state index contributed by atoms with van der Waals surface area (Å²) in [5.74, 6) is 0.658. The molecule has 0 amide bonds. The zero-order valence-electron chi connectivity index (χ0n) is 11.1. The quantitative estimate of drug-likeness (QED) is 0.877. The summed E-state index contributed by atoms with van der Waals surface area (Å²) in [7, 11) is 0. The van der Waals surface area contributed by atoms with Crippen molar-refractivity contribution in [1.82, 2.24) is 4.57 Å². The highest BCUT2D eigenvalue weighted by Crippen LogP contribution is 2.38. The molecule has 3 rings (SSSR count). The minimum Gasteiger partial charge on any atom is -0.344 e. The number of aromatic nitrogens is 1. The Kier molecular flexibility index (Phi) is 3.13. The average Bonchev–Trinajstić information content (AvgIpc) is 3.03. The normalized spacial score (nSPS) is 23.9. The Morgan fingerprint density at radius 1 is 1.28 bits per heavy atom. The molecular weight excluding hydrogens is 220 g/mol. The van der Waals surface area contributed by atoms with E-state index in [1.54, 1.807) is 0 Å². The number of hydrogen-bond donors (Lipinski definition) is 1. The maximum absolute atomic E-state index is 5.93. The molecule has 2 unspecified atom stereocenters. The Morgan fingerprint density at radius 3 is 2.94 bits per heavy atom. The van der Waals surface area contributed by atoms with Crippen LogP contribution in [0.1, 0.15) is 37.8 Å². The molecule has 1 saturated carbocycles. The highest BCUT2D eigenvalue weighted by Gasteiger charge is 2.28. The van der Waals surface area contributed by atoms with Crippen LogP contribution in [0.5, 0.6) is 0 Å². The lowest BCUT2D eigenvalue weighted by Crippen LogP contribution is -2.21. The Labute approximate surface area is 109 Å². The molecule has 2 N–H and O–H groups in total. The van der Waals surface area contributed by atoms with E-state index >= 15 is 0 Å². The number of para-hydroxylation sites is 1. The summed E-state index contributed by atoms with van der Waals surface area (Å²) in [4.78, 5) is 0. The molecule has 96 valence electrons. The molecule has 0 saturated heterocycles. The van der Waals surface area contributed by atoms with Crippen LogP contribution in [0.15, 0.2) is 30.5 Å². The average molecular weight is 242 g/mol. The molecule has 0 spiro atoms. The van der Waals surface area contributed by atoms with E-state index in [0.29, 0.717) is 12.0 Å². The molecule has 2 aromatic rings. The van der Waals surface area contributed by atoms with Crippen molar-refractivity contribution in [1.29, 1.82) is 0 Å². The highest BCUT2D eigenvalue weighted by atomic mass is 15.0. The largest absolute Gasteiger partial charge is 0.344 e. The first kappa shape index (κ1) is 11.8. The van der Waals surface area contributed by atoms with Crippen LogP contribution in [-0.2, 0) is 6.42 Å². The predicted molar refractivity (Wildman–Crippen MR) is 76.7 cm³/mol. The Balaban J connectivity index is 2.11. The van der Waals surface area contributed by atoms with Gasteiger partial charge in [-0.25, -0.2) is 0 Å². The van der Waals surface area contributed by atoms with Gasteiger partial charge in [-0.2, -0.15) is 0 Å². The second-order valence-electron chi connectivity index (χ2n) is 5.43. The van der Waals surface area contributed by atoms with E-state index in [9.17, 15) is 0 Å². The Morgan fingerprint density at radius 2 is 2.17 bits per heavy atom. The van der Waals surface area contributed by atoms with Crippen LogP contribution in [0.2, 0.25) is 0 Å². The minimum absolute atomic E-state index is 0.611. The second kappa shape index (κ2) is 4.77. The molecule has 2 nitrogen and oxygen atoms in total. The van der Waals surface area contributed by atoms with Gasteiger partial charge in [0.15, 0.2) is 0 Å². The summed E-state index contributed by atoms with van der Waals surface area (Å²) in [5.41, 5.74) is 8.83. The van der Waals surface area contributed by atoms with Crippen molar-refractivity contribution in [2.45, 2.75) is 38.6 Å². The molecule has 1 aliphatic rings. The van der Waals surface area contributed by atoms with Gasteiger partial charge >= 0.3 is 0 Å². The van der Waals surface area contributed by atoms with E-state index in [2.05, 4.69) is 42.0 Å². The van der Waals surface area contributed by atoms with Gasteiger partial charge in [0, 0.05) is 12.2 Å². The molecule has 1 aromatic heterocycles. The maximum atomic E-state index is 5.93. The third kappa shape index (κ3) is 1.76. The number of nitrogens with two attached hydrogens (primary N) is 1. The number of benzene rings is 1. The molecule has 0 aliphatic heterocycles. The number of hydrogen-bond acceptors (Lipinski definition) is 1. The van der Waals surface area contributed by atoms with Gasteiger partial charge in [-0.05, 0) is 48.7 Å². The summed E-state index contributed by atoms with van der Waals surface area (Å²) in [6.45, 7) is 3.06. The monoisotopic (exact) mass is 242 g/mol. The smallest absolute Gasteiger partial charge is 0.0515 e. The lowest BCUT2D eigenvalue weighted by molar-refractivity contribution is 0.396. The van der Waals surface area contributed by atoms with Crippen molar-refractivity contribution >= 4 is 10.9 Å². The number of aryl methyl sites for hydroxylation is 1. The van der Waals surface area contributed by atoms with E-state index in [1.165, 1.54) is 35.7 Å². The van der Waals surface area contributed by atoms with Gasteiger partial charge < -0.3 is 10.3 Å². The van der Waals surface area contributed by atoms with Gasteiger partial charge in [0.05, 0.1) is 5.52 Å². The molecule has 2 heteroatoms. The molecule has 18 heavy (non-hydrogen) atoms. The fourth-order valence-electron chi connectivity index (χ4n) is 3.52. The molecule has 1 aromatic carbocycles. The molecule has 0 radical (unpaired) electrons. The fraction of sp³-hybridized carbons (Fsp3) is 0.500. The second-order valence-corrected chi connectivity index (χ2v) is 5.43. The van der Waals surface area contributed by atoms with Gasteiger partial charge in [-0.1, -0.05) is 31.5 Å². The number of nitrogens with zero attached hydrogens (tertiary/aromatic N) is 1. The Hall–Kier alpha value is -1.28. The zero-order chi connectivity index (χ0) is 12.5. The van der Waals surface area contributed by atoms with Crippen molar-refractivity contribution in [2.24, 2.45) is 11.7 Å². The summed E-state index contributed by atoms with van der Waals surface area (Å²) in [6, 6.07) is 9.50. The van der Waals surface area contributed by atoms with E-state index in [1.807, 2.05) is 0 Å². The third-order valence-electron chi connectivity index (χ3n) is 4.48. The topological polar surface area (TPSA) is 30.9 Å². The summed E-state index contributed by atoms with van der Waals surface area (Å²) in [5, 5.41) is 1.37. The first-order chi connectivity index (χ1) is 8.85. The lowest BCUT2D eigenvalue weighted by Gasteiger charge is -2.22. The Bertz CT molecular complexity index is 541. The van der Waals surface area contributed by atoms with E-state index < -0.39 is 0 Å². The van der Waals surface area contributed by atoms with Gasteiger partial charge in [0.25, 0.3) is 0 Å². The van der Waals surface area contributed by atoms with Gasteiger partial charge in [0.1, 0.15) is 0 Å². The summed E-state index contributed by atoms with van der Waals surface area (Å²) >= 11 is 0. The first-order valence-electron chi connectivity index (χ1n) is 7.13. The molecular formula is C16H22N2. The third-order valence-corrected chi connectivity index (χ3v) is 4.48. The van der Waals surface area contributed by atoms with E-state index in [4.69, 9.17) is 5.73 Å². The van der Waals surface area contributed by atoms with Gasteiger partial charge in [-0.3, -0.25) is 0 Å². The van der Waals surface area contributed by atoms with Crippen molar-refractivity contribution in [3.05, 3.63) is 36.0 Å².